The fourth-order valence-corrected chi connectivity index (χ4v) is 9.44. The van der Waals surface area contributed by atoms with Crippen LogP contribution in [0.3, 0.4) is 0 Å². The topological polar surface area (TPSA) is 175 Å². The van der Waals surface area contributed by atoms with Crippen LogP contribution in [0.5, 0.6) is 0 Å². The van der Waals surface area contributed by atoms with Gasteiger partial charge >= 0.3 is 5.97 Å². The van der Waals surface area contributed by atoms with Gasteiger partial charge in [-0.15, -0.1) is 0 Å². The number of allylic oxidation sites excluding steroid dienone is 9. The first kappa shape index (κ1) is 70.4. The number of hydrogen-bond acceptors (Lipinski definition) is 10. The van der Waals surface area contributed by atoms with E-state index in [0.29, 0.717) is 12.8 Å². The van der Waals surface area contributed by atoms with Crippen LogP contribution in [-0.2, 0) is 23.8 Å². The van der Waals surface area contributed by atoms with Crippen molar-refractivity contribution in [2.45, 2.75) is 320 Å². The highest BCUT2D eigenvalue weighted by molar-refractivity contribution is 5.80. The Morgan fingerprint density at radius 2 is 0.920 bits per heavy atom. The molecular formula is C64H115NO10. The van der Waals surface area contributed by atoms with Gasteiger partial charge in [-0.3, -0.25) is 9.59 Å². The lowest BCUT2D eigenvalue weighted by Gasteiger charge is -2.41. The molecule has 1 saturated heterocycles. The second kappa shape index (κ2) is 52.1. The van der Waals surface area contributed by atoms with Crippen molar-refractivity contribution in [3.8, 4) is 0 Å². The summed E-state index contributed by atoms with van der Waals surface area (Å²) in [5.74, 6) is -1.27. The molecule has 436 valence electrons. The molecule has 1 heterocycles. The highest BCUT2D eigenvalue weighted by Gasteiger charge is 2.47. The van der Waals surface area contributed by atoms with Gasteiger partial charge in [-0.25, -0.2) is 0 Å². The van der Waals surface area contributed by atoms with E-state index in [-0.39, 0.29) is 19.4 Å². The zero-order valence-corrected chi connectivity index (χ0v) is 48.2. The van der Waals surface area contributed by atoms with Crippen molar-refractivity contribution >= 4 is 11.9 Å². The minimum absolute atomic E-state index is 0.0170. The number of nitrogens with one attached hydrogen (secondary N) is 1. The van der Waals surface area contributed by atoms with Crippen molar-refractivity contribution in [3.63, 3.8) is 0 Å². The fraction of sp³-hybridized carbons (Fsp3) is 0.812. The molecule has 0 aromatic rings. The summed E-state index contributed by atoms with van der Waals surface area (Å²) in [7, 11) is 0. The van der Waals surface area contributed by atoms with Crippen molar-refractivity contribution in [2.75, 3.05) is 13.2 Å². The maximum absolute atomic E-state index is 13.4. The molecule has 0 aromatic heterocycles. The molecule has 75 heavy (non-hydrogen) atoms. The molecule has 1 aliphatic heterocycles. The number of unbranched alkanes of at least 4 members (excludes halogenated alkanes) is 30. The van der Waals surface area contributed by atoms with E-state index < -0.39 is 67.4 Å². The van der Waals surface area contributed by atoms with Crippen LogP contribution in [0.1, 0.15) is 271 Å². The molecule has 1 fully saturated rings. The van der Waals surface area contributed by atoms with E-state index in [4.69, 9.17) is 14.2 Å². The van der Waals surface area contributed by atoms with Crippen LogP contribution >= 0.6 is 0 Å². The number of rotatable bonds is 52. The molecule has 0 radical (unpaired) electrons. The van der Waals surface area contributed by atoms with Crippen LogP contribution in [0, 0.1) is 0 Å². The second-order valence-electron chi connectivity index (χ2n) is 21.4. The number of ether oxygens (including phenoxy) is 3. The minimum atomic E-state index is -1.64. The molecule has 11 heteroatoms. The smallest absolute Gasteiger partial charge is 0.306 e. The summed E-state index contributed by atoms with van der Waals surface area (Å²) in [5.41, 5.74) is 0. The molecule has 6 N–H and O–H groups in total. The molecule has 0 bridgehead atoms. The number of amides is 1. The fourth-order valence-electron chi connectivity index (χ4n) is 9.44. The van der Waals surface area contributed by atoms with E-state index in [1.54, 1.807) is 6.08 Å². The lowest BCUT2D eigenvalue weighted by molar-refractivity contribution is -0.305. The van der Waals surface area contributed by atoms with Gasteiger partial charge in [0.25, 0.3) is 0 Å². The van der Waals surface area contributed by atoms with Crippen LogP contribution in [0.25, 0.3) is 0 Å². The zero-order chi connectivity index (χ0) is 54.7. The van der Waals surface area contributed by atoms with Crippen molar-refractivity contribution in [1.82, 2.24) is 5.32 Å². The number of carbonyl (C=O) groups excluding carboxylic acids is 2. The zero-order valence-electron chi connectivity index (χ0n) is 48.2. The van der Waals surface area contributed by atoms with E-state index in [1.165, 1.54) is 161 Å². The van der Waals surface area contributed by atoms with Gasteiger partial charge in [0.2, 0.25) is 5.91 Å². The van der Waals surface area contributed by atoms with Crippen molar-refractivity contribution in [3.05, 3.63) is 60.8 Å². The van der Waals surface area contributed by atoms with Gasteiger partial charge in [-0.2, -0.15) is 0 Å². The maximum atomic E-state index is 13.4. The van der Waals surface area contributed by atoms with Gasteiger partial charge in [-0.1, -0.05) is 248 Å². The first-order valence-corrected chi connectivity index (χ1v) is 31.1. The number of hydrogen-bond donors (Lipinski definition) is 6. The summed E-state index contributed by atoms with van der Waals surface area (Å²) in [6.07, 6.45) is 54.2. The maximum Gasteiger partial charge on any atom is 0.306 e. The number of aliphatic hydroxyl groups is 5. The summed E-state index contributed by atoms with van der Waals surface area (Å²) >= 11 is 0. The van der Waals surface area contributed by atoms with Crippen molar-refractivity contribution < 1.29 is 49.3 Å². The Balaban J connectivity index is 2.70. The summed E-state index contributed by atoms with van der Waals surface area (Å²) in [6.45, 7) is 5.73. The minimum Gasteiger partial charge on any atom is -0.454 e. The van der Waals surface area contributed by atoms with Crippen LogP contribution in [0.15, 0.2) is 60.8 Å². The monoisotopic (exact) mass is 1060 g/mol. The molecule has 1 amide bonds. The van der Waals surface area contributed by atoms with Gasteiger partial charge in [0.05, 0.1) is 25.4 Å². The summed E-state index contributed by atoms with van der Waals surface area (Å²) in [6, 6.07) is -1.04. The van der Waals surface area contributed by atoms with Gasteiger partial charge in [-0.05, 0) is 77.0 Å². The third kappa shape index (κ3) is 40.2. The number of aliphatic hydroxyl groups excluding tert-OH is 5. The van der Waals surface area contributed by atoms with E-state index in [0.717, 1.165) is 64.2 Å². The normalized spacial score (nSPS) is 19.6. The molecular weight excluding hydrogens is 943 g/mol. The molecule has 11 nitrogen and oxygen atoms in total. The van der Waals surface area contributed by atoms with Gasteiger partial charge < -0.3 is 45.1 Å². The first-order chi connectivity index (χ1) is 36.7. The lowest BCUT2D eigenvalue weighted by atomic mass is 9.99. The quantitative estimate of drug-likeness (QED) is 0.0195. The lowest BCUT2D eigenvalue weighted by Crippen LogP contribution is -2.61. The van der Waals surface area contributed by atoms with Gasteiger partial charge in [0, 0.05) is 6.42 Å². The Hall–Kier alpha value is -2.64. The van der Waals surface area contributed by atoms with Crippen molar-refractivity contribution in [1.29, 1.82) is 0 Å². The summed E-state index contributed by atoms with van der Waals surface area (Å²) in [5, 5.41) is 56.9. The third-order valence-electron chi connectivity index (χ3n) is 14.4. The molecule has 0 aromatic carbocycles. The highest BCUT2D eigenvalue weighted by atomic mass is 16.7. The predicted octanol–water partition coefficient (Wildman–Crippen LogP) is 14.6. The standard InChI is InChI=1S/C64H115NO10/c1-4-7-10-13-16-19-22-25-26-27-28-29-30-31-34-36-39-42-45-48-51-57(68)63(72)65-55(56(67)50-47-44-41-38-35-32-23-20-17-14-11-8-5-2)54-73-64-62(61(71)60(70)58(53-66)74-64)75-59(69)52-49-46-43-40-37-33-24-21-18-15-12-9-6-3/h16,19,25-26,33,37,43,46-47,50,55-58,60-62,64,66-68,70-71H,4-15,17-18,20-24,27-32,34-36,38-42,44-45,48-49,51-54H2,1-3H3,(H,65,72)/b19-16-,26-25-,37-33-,46-43+,50-47+. The van der Waals surface area contributed by atoms with Gasteiger partial charge in [0.1, 0.15) is 24.4 Å². The van der Waals surface area contributed by atoms with E-state index in [1.807, 2.05) is 18.2 Å². The molecule has 8 unspecified atom stereocenters. The van der Waals surface area contributed by atoms with Gasteiger partial charge in [0.15, 0.2) is 12.4 Å². The predicted molar refractivity (Wildman–Crippen MR) is 310 cm³/mol. The van der Waals surface area contributed by atoms with E-state index in [2.05, 4.69) is 62.5 Å². The van der Waals surface area contributed by atoms with E-state index in [9.17, 15) is 35.1 Å². The largest absolute Gasteiger partial charge is 0.454 e. The molecule has 0 saturated carbocycles. The number of carbonyl (C=O) groups is 2. The molecule has 0 spiro atoms. The Bertz CT molecular complexity index is 1450. The average molecular weight is 1060 g/mol. The van der Waals surface area contributed by atoms with Crippen LogP contribution in [0.4, 0.5) is 0 Å². The van der Waals surface area contributed by atoms with Crippen LogP contribution in [0.2, 0.25) is 0 Å². The highest BCUT2D eigenvalue weighted by Crippen LogP contribution is 2.26. The van der Waals surface area contributed by atoms with Crippen LogP contribution < -0.4 is 5.32 Å². The Kier molecular flexibility index (Phi) is 48.9. The Morgan fingerprint density at radius 1 is 0.520 bits per heavy atom. The average Bonchev–Trinajstić information content (AvgIpc) is 3.41. The first-order valence-electron chi connectivity index (χ1n) is 31.1. The molecule has 8 atom stereocenters. The Morgan fingerprint density at radius 3 is 1.39 bits per heavy atom. The molecule has 0 aliphatic carbocycles. The SMILES string of the molecule is CCCCC/C=C\C/C=C\CCCCCCCCCCCCC(O)C(=O)NC(COC1OC(CO)C(O)C(O)C1OC(=O)CC/C=C/C/C=C\CCCCCCCC)C(O)/C=C/CCCCCCCCCCCCC. The second-order valence-corrected chi connectivity index (χ2v) is 21.4. The van der Waals surface area contributed by atoms with Crippen LogP contribution in [-0.4, -0.2) is 99.6 Å². The summed E-state index contributed by atoms with van der Waals surface area (Å²) < 4.78 is 17.5. The Labute approximate surface area is 458 Å². The summed E-state index contributed by atoms with van der Waals surface area (Å²) in [4.78, 5) is 26.5. The number of esters is 1. The third-order valence-corrected chi connectivity index (χ3v) is 14.4. The molecule has 1 aliphatic rings. The van der Waals surface area contributed by atoms with Crippen molar-refractivity contribution in [2.24, 2.45) is 0 Å². The van der Waals surface area contributed by atoms with E-state index >= 15 is 0 Å². The molecule has 1 rings (SSSR count).